The predicted molar refractivity (Wildman–Crippen MR) is 87.7 cm³/mol. The highest BCUT2D eigenvalue weighted by atomic mass is 32.2. The Balaban J connectivity index is 1.92. The average molecular weight is 322 g/mol. The summed E-state index contributed by atoms with van der Waals surface area (Å²) in [6.07, 6.45) is 0. The third-order valence-corrected chi connectivity index (χ3v) is 5.00. The highest BCUT2D eigenvalue weighted by molar-refractivity contribution is 8.02. The molecule has 1 aromatic carbocycles. The molecule has 1 atom stereocenters. The number of rotatable bonds is 6. The van der Waals surface area contributed by atoms with E-state index in [1.165, 1.54) is 23.1 Å². The maximum Gasteiger partial charge on any atom is 0.235 e. The highest BCUT2D eigenvalue weighted by Gasteiger charge is 2.20. The van der Waals surface area contributed by atoms with Gasteiger partial charge >= 0.3 is 0 Å². The van der Waals surface area contributed by atoms with Gasteiger partial charge in [0.05, 0.1) is 5.25 Å². The lowest BCUT2D eigenvalue weighted by Crippen LogP contribution is -2.32. The minimum Gasteiger partial charge on any atom is -0.363 e. The Morgan fingerprint density at radius 3 is 2.71 bits per heavy atom. The molecule has 1 N–H and O–H groups in total. The van der Waals surface area contributed by atoms with Crippen molar-refractivity contribution >= 4 is 34.1 Å². The number of amides is 1. The van der Waals surface area contributed by atoms with Crippen molar-refractivity contribution in [2.24, 2.45) is 0 Å². The SMILES string of the molecule is CNc1nnc(S[C@@H](C)C(=O)N(C)Cc2ccccc2)s1. The van der Waals surface area contributed by atoms with E-state index in [1.54, 1.807) is 11.9 Å². The van der Waals surface area contributed by atoms with Gasteiger partial charge in [0.25, 0.3) is 0 Å². The predicted octanol–water partition coefficient (Wildman–Crippen LogP) is 2.72. The van der Waals surface area contributed by atoms with Gasteiger partial charge in [-0.05, 0) is 12.5 Å². The van der Waals surface area contributed by atoms with Crippen LogP contribution in [0.2, 0.25) is 0 Å². The summed E-state index contributed by atoms with van der Waals surface area (Å²) in [5.74, 6) is 0.0880. The van der Waals surface area contributed by atoms with Crippen LogP contribution in [-0.4, -0.2) is 40.3 Å². The van der Waals surface area contributed by atoms with Crippen LogP contribution in [0.15, 0.2) is 34.7 Å². The first kappa shape index (κ1) is 15.8. The van der Waals surface area contributed by atoms with E-state index in [2.05, 4.69) is 15.5 Å². The number of benzene rings is 1. The molecule has 5 nitrogen and oxygen atoms in total. The molecule has 2 aromatic rings. The molecule has 0 saturated carbocycles. The summed E-state index contributed by atoms with van der Waals surface area (Å²) < 4.78 is 0.799. The number of hydrogen-bond donors (Lipinski definition) is 1. The first-order valence-corrected chi connectivity index (χ1v) is 8.26. The van der Waals surface area contributed by atoms with Crippen molar-refractivity contribution in [1.29, 1.82) is 0 Å². The Labute approximate surface area is 132 Å². The number of carbonyl (C=O) groups excluding carboxylic acids is 1. The van der Waals surface area contributed by atoms with Crippen LogP contribution < -0.4 is 5.32 Å². The molecule has 0 aliphatic carbocycles. The maximum absolute atomic E-state index is 12.4. The van der Waals surface area contributed by atoms with Gasteiger partial charge in [-0.15, -0.1) is 10.2 Å². The van der Waals surface area contributed by atoms with Crippen LogP contribution in [0.4, 0.5) is 5.13 Å². The molecule has 1 aromatic heterocycles. The Morgan fingerprint density at radius 1 is 1.38 bits per heavy atom. The maximum atomic E-state index is 12.4. The Kier molecular flexibility index (Phi) is 5.58. The van der Waals surface area contributed by atoms with E-state index in [9.17, 15) is 4.79 Å². The van der Waals surface area contributed by atoms with Crippen LogP contribution in [0.1, 0.15) is 12.5 Å². The van der Waals surface area contributed by atoms with E-state index < -0.39 is 0 Å². The zero-order valence-electron chi connectivity index (χ0n) is 12.2. The van der Waals surface area contributed by atoms with E-state index in [4.69, 9.17) is 0 Å². The van der Waals surface area contributed by atoms with E-state index in [1.807, 2.05) is 44.3 Å². The van der Waals surface area contributed by atoms with Gasteiger partial charge in [0.1, 0.15) is 0 Å². The minimum atomic E-state index is -0.184. The molecule has 0 spiro atoms. The Hall–Kier alpha value is -1.60. The number of thioether (sulfide) groups is 1. The molecule has 112 valence electrons. The third-order valence-electron chi connectivity index (χ3n) is 2.88. The van der Waals surface area contributed by atoms with Crippen LogP contribution >= 0.6 is 23.1 Å². The van der Waals surface area contributed by atoms with Gasteiger partial charge in [-0.1, -0.05) is 53.4 Å². The molecule has 7 heteroatoms. The summed E-state index contributed by atoms with van der Waals surface area (Å²) in [5, 5.41) is 11.5. The third kappa shape index (κ3) is 4.44. The lowest BCUT2D eigenvalue weighted by atomic mass is 10.2. The molecule has 0 unspecified atom stereocenters. The average Bonchev–Trinajstić information content (AvgIpc) is 2.95. The van der Waals surface area contributed by atoms with Gasteiger partial charge in [0, 0.05) is 20.6 Å². The molecule has 0 fully saturated rings. The summed E-state index contributed by atoms with van der Waals surface area (Å²) in [6, 6.07) is 9.97. The number of aromatic nitrogens is 2. The Bertz CT molecular complexity index is 588. The van der Waals surface area contributed by atoms with Gasteiger partial charge in [-0.3, -0.25) is 4.79 Å². The molecule has 0 aliphatic heterocycles. The fourth-order valence-electron chi connectivity index (χ4n) is 1.81. The molecule has 1 heterocycles. The first-order chi connectivity index (χ1) is 10.1. The zero-order valence-corrected chi connectivity index (χ0v) is 13.9. The summed E-state index contributed by atoms with van der Waals surface area (Å²) >= 11 is 2.89. The van der Waals surface area contributed by atoms with Gasteiger partial charge in [0.15, 0.2) is 4.34 Å². The van der Waals surface area contributed by atoms with Gasteiger partial charge in [-0.25, -0.2) is 0 Å². The zero-order chi connectivity index (χ0) is 15.2. The van der Waals surface area contributed by atoms with Gasteiger partial charge < -0.3 is 10.2 Å². The molecular weight excluding hydrogens is 304 g/mol. The minimum absolute atomic E-state index is 0.0880. The lowest BCUT2D eigenvalue weighted by molar-refractivity contribution is -0.129. The lowest BCUT2D eigenvalue weighted by Gasteiger charge is -2.20. The van der Waals surface area contributed by atoms with Crippen molar-refractivity contribution in [3.63, 3.8) is 0 Å². The fourth-order valence-corrected chi connectivity index (χ4v) is 3.77. The van der Waals surface area contributed by atoms with Crippen molar-refractivity contribution in [1.82, 2.24) is 15.1 Å². The van der Waals surface area contributed by atoms with Crippen molar-refractivity contribution in [2.45, 2.75) is 23.1 Å². The molecule has 0 radical (unpaired) electrons. The summed E-state index contributed by atoms with van der Waals surface area (Å²) in [6.45, 7) is 2.51. The number of nitrogens with one attached hydrogen (secondary N) is 1. The summed E-state index contributed by atoms with van der Waals surface area (Å²) in [5.41, 5.74) is 1.12. The molecule has 0 saturated heterocycles. The van der Waals surface area contributed by atoms with Gasteiger partial charge in [0.2, 0.25) is 11.0 Å². The Morgan fingerprint density at radius 2 is 2.10 bits per heavy atom. The first-order valence-electron chi connectivity index (χ1n) is 6.57. The number of hydrogen-bond acceptors (Lipinski definition) is 6. The molecule has 0 aliphatic rings. The fraction of sp³-hybridized carbons (Fsp3) is 0.357. The van der Waals surface area contributed by atoms with Crippen molar-refractivity contribution < 1.29 is 4.79 Å². The quantitative estimate of drug-likeness (QED) is 0.829. The van der Waals surface area contributed by atoms with E-state index in [0.717, 1.165) is 15.0 Å². The number of carbonyl (C=O) groups is 1. The van der Waals surface area contributed by atoms with Crippen LogP contribution in [0.25, 0.3) is 0 Å². The highest BCUT2D eigenvalue weighted by Crippen LogP contribution is 2.29. The standard InChI is InChI=1S/C14H18N4OS2/c1-10(20-14-17-16-13(15-2)21-14)12(19)18(3)9-11-7-5-4-6-8-11/h4-8,10H,9H2,1-3H3,(H,15,16)/t10-/m0/s1. The largest absolute Gasteiger partial charge is 0.363 e. The van der Waals surface area contributed by atoms with Crippen LogP contribution in [-0.2, 0) is 11.3 Å². The van der Waals surface area contributed by atoms with E-state index in [0.29, 0.717) is 6.54 Å². The van der Waals surface area contributed by atoms with Crippen LogP contribution in [0, 0.1) is 0 Å². The molecular formula is C14H18N4OS2. The van der Waals surface area contributed by atoms with Gasteiger partial charge in [-0.2, -0.15) is 0 Å². The summed E-state index contributed by atoms with van der Waals surface area (Å²) in [4.78, 5) is 14.1. The second-order valence-corrected chi connectivity index (χ2v) is 7.13. The molecule has 21 heavy (non-hydrogen) atoms. The second-order valence-electron chi connectivity index (χ2n) is 4.56. The molecule has 2 rings (SSSR count). The van der Waals surface area contributed by atoms with Crippen LogP contribution in [0.5, 0.6) is 0 Å². The van der Waals surface area contributed by atoms with Crippen molar-refractivity contribution in [3.8, 4) is 0 Å². The van der Waals surface area contributed by atoms with Crippen molar-refractivity contribution in [2.75, 3.05) is 19.4 Å². The van der Waals surface area contributed by atoms with E-state index in [-0.39, 0.29) is 11.2 Å². The van der Waals surface area contributed by atoms with Crippen LogP contribution in [0.3, 0.4) is 0 Å². The number of anilines is 1. The topological polar surface area (TPSA) is 58.1 Å². The smallest absolute Gasteiger partial charge is 0.235 e. The summed E-state index contributed by atoms with van der Waals surface area (Å²) in [7, 11) is 3.63. The number of nitrogens with zero attached hydrogens (tertiary/aromatic N) is 3. The van der Waals surface area contributed by atoms with E-state index >= 15 is 0 Å². The molecule has 0 bridgehead atoms. The molecule has 1 amide bonds. The van der Waals surface area contributed by atoms with Crippen molar-refractivity contribution in [3.05, 3.63) is 35.9 Å². The monoisotopic (exact) mass is 322 g/mol. The normalized spacial score (nSPS) is 12.0. The second kappa shape index (κ2) is 7.42.